The highest BCUT2D eigenvalue weighted by Gasteiger charge is 2.11. The lowest BCUT2D eigenvalue weighted by Gasteiger charge is -2.18. The van der Waals surface area contributed by atoms with Crippen LogP contribution in [0.1, 0.15) is 95.6 Å². The van der Waals surface area contributed by atoms with Crippen molar-refractivity contribution in [2.24, 2.45) is 0 Å². The zero-order valence-corrected chi connectivity index (χ0v) is 15.2. The molecule has 0 aromatic heterocycles. The van der Waals surface area contributed by atoms with Gasteiger partial charge >= 0.3 is 0 Å². The minimum Gasteiger partial charge on any atom is -0.100 e. The molecule has 0 aliphatic rings. The van der Waals surface area contributed by atoms with Gasteiger partial charge in [0.25, 0.3) is 0 Å². The summed E-state index contributed by atoms with van der Waals surface area (Å²) in [4.78, 5) is 0. The molecule has 0 saturated heterocycles. The third-order valence-electron chi connectivity index (χ3n) is 4.49. The summed E-state index contributed by atoms with van der Waals surface area (Å²) in [6, 6.07) is 9.36. The van der Waals surface area contributed by atoms with Crippen molar-refractivity contribution in [3.63, 3.8) is 0 Å². The SMILES string of the molecule is C=C(C)CC(CCCCCCCC)c1ccc(CCC)cc1. The van der Waals surface area contributed by atoms with E-state index in [1.54, 1.807) is 0 Å². The zero-order chi connectivity index (χ0) is 16.2. The molecule has 0 saturated carbocycles. The van der Waals surface area contributed by atoms with Gasteiger partial charge in [-0.25, -0.2) is 0 Å². The third-order valence-corrected chi connectivity index (χ3v) is 4.49. The summed E-state index contributed by atoms with van der Waals surface area (Å²) in [5.41, 5.74) is 4.30. The van der Waals surface area contributed by atoms with Gasteiger partial charge in [0.05, 0.1) is 0 Å². The van der Waals surface area contributed by atoms with Crippen LogP contribution >= 0.6 is 0 Å². The second-order valence-electron chi connectivity index (χ2n) is 6.91. The second kappa shape index (κ2) is 11.5. The molecule has 0 N–H and O–H groups in total. The van der Waals surface area contributed by atoms with Crippen molar-refractivity contribution >= 4 is 0 Å². The maximum atomic E-state index is 4.14. The second-order valence-corrected chi connectivity index (χ2v) is 6.91. The number of benzene rings is 1. The predicted octanol–water partition coefficient (Wildman–Crippen LogP) is 7.44. The molecule has 1 unspecified atom stereocenters. The monoisotopic (exact) mass is 300 g/mol. The largest absolute Gasteiger partial charge is 0.100 e. The van der Waals surface area contributed by atoms with Crippen molar-refractivity contribution in [2.45, 2.75) is 90.9 Å². The first-order chi connectivity index (χ1) is 10.7. The molecular formula is C22H36. The van der Waals surface area contributed by atoms with E-state index in [2.05, 4.69) is 51.6 Å². The first kappa shape index (κ1) is 19.0. The Balaban J connectivity index is 2.50. The van der Waals surface area contributed by atoms with Gasteiger partial charge in [0.15, 0.2) is 0 Å². The number of hydrogen-bond acceptors (Lipinski definition) is 0. The fraction of sp³-hybridized carbons (Fsp3) is 0.636. The maximum absolute atomic E-state index is 4.14. The van der Waals surface area contributed by atoms with E-state index in [4.69, 9.17) is 0 Å². The van der Waals surface area contributed by atoms with Crippen LogP contribution in [0.4, 0.5) is 0 Å². The van der Waals surface area contributed by atoms with E-state index in [1.165, 1.54) is 74.5 Å². The molecule has 0 heterocycles. The topological polar surface area (TPSA) is 0 Å². The van der Waals surface area contributed by atoms with Gasteiger partial charge in [-0.3, -0.25) is 0 Å². The van der Waals surface area contributed by atoms with Crippen molar-refractivity contribution in [1.29, 1.82) is 0 Å². The van der Waals surface area contributed by atoms with Crippen LogP contribution < -0.4 is 0 Å². The molecule has 0 aliphatic carbocycles. The van der Waals surface area contributed by atoms with E-state index in [0.29, 0.717) is 5.92 Å². The molecule has 0 amide bonds. The van der Waals surface area contributed by atoms with Crippen molar-refractivity contribution in [1.82, 2.24) is 0 Å². The Morgan fingerprint density at radius 1 is 0.909 bits per heavy atom. The average molecular weight is 301 g/mol. The van der Waals surface area contributed by atoms with Crippen LogP contribution in [0.15, 0.2) is 36.4 Å². The van der Waals surface area contributed by atoms with Gasteiger partial charge in [0.1, 0.15) is 0 Å². The third kappa shape index (κ3) is 7.82. The lowest BCUT2D eigenvalue weighted by atomic mass is 9.87. The molecule has 1 atom stereocenters. The molecule has 0 aliphatic heterocycles. The van der Waals surface area contributed by atoms with E-state index >= 15 is 0 Å². The van der Waals surface area contributed by atoms with E-state index in [0.717, 1.165) is 6.42 Å². The lowest BCUT2D eigenvalue weighted by molar-refractivity contribution is 0.535. The molecule has 0 fully saturated rings. The quantitative estimate of drug-likeness (QED) is 0.278. The van der Waals surface area contributed by atoms with Gasteiger partial charge in [-0.15, -0.1) is 6.58 Å². The van der Waals surface area contributed by atoms with E-state index in [-0.39, 0.29) is 0 Å². The molecule has 0 radical (unpaired) electrons. The van der Waals surface area contributed by atoms with Gasteiger partial charge in [0, 0.05) is 0 Å². The molecular weight excluding hydrogens is 264 g/mol. The molecule has 1 aromatic carbocycles. The minimum atomic E-state index is 0.666. The Hall–Kier alpha value is -1.04. The van der Waals surface area contributed by atoms with Crippen LogP contribution in [0.2, 0.25) is 0 Å². The standard InChI is InChI=1S/C22H36/c1-5-7-8-9-10-11-13-22(18-19(3)4)21-16-14-20(12-6-2)15-17-21/h14-17,22H,3,5-13,18H2,1-2,4H3. The van der Waals surface area contributed by atoms with Gasteiger partial charge in [-0.1, -0.05) is 88.6 Å². The molecule has 0 bridgehead atoms. The molecule has 124 valence electrons. The van der Waals surface area contributed by atoms with E-state index in [1.807, 2.05) is 0 Å². The Morgan fingerprint density at radius 3 is 2.14 bits per heavy atom. The van der Waals surface area contributed by atoms with Crippen LogP contribution in [0.25, 0.3) is 0 Å². The summed E-state index contributed by atoms with van der Waals surface area (Å²) < 4.78 is 0. The lowest BCUT2D eigenvalue weighted by Crippen LogP contribution is -2.00. The molecule has 1 rings (SSSR count). The number of unbranched alkanes of at least 4 members (excludes halogenated alkanes) is 5. The number of allylic oxidation sites excluding steroid dienone is 1. The maximum Gasteiger partial charge on any atom is -0.0125 e. The molecule has 0 heteroatoms. The van der Waals surface area contributed by atoms with Crippen LogP contribution in [-0.4, -0.2) is 0 Å². The summed E-state index contributed by atoms with van der Waals surface area (Å²) in [5, 5.41) is 0. The highest BCUT2D eigenvalue weighted by Crippen LogP contribution is 2.29. The van der Waals surface area contributed by atoms with E-state index in [9.17, 15) is 0 Å². The Bertz CT molecular complexity index is 399. The fourth-order valence-corrected chi connectivity index (χ4v) is 3.22. The highest BCUT2D eigenvalue weighted by molar-refractivity contribution is 5.26. The van der Waals surface area contributed by atoms with Crippen LogP contribution in [-0.2, 0) is 6.42 Å². The van der Waals surface area contributed by atoms with Gasteiger partial charge in [-0.2, -0.15) is 0 Å². The van der Waals surface area contributed by atoms with Gasteiger partial charge in [-0.05, 0) is 43.2 Å². The van der Waals surface area contributed by atoms with Gasteiger partial charge in [0.2, 0.25) is 0 Å². The fourth-order valence-electron chi connectivity index (χ4n) is 3.22. The van der Waals surface area contributed by atoms with Crippen LogP contribution in [0, 0.1) is 0 Å². The summed E-state index contributed by atoms with van der Waals surface area (Å²) in [5.74, 6) is 0.666. The first-order valence-corrected chi connectivity index (χ1v) is 9.40. The minimum absolute atomic E-state index is 0.666. The highest BCUT2D eigenvalue weighted by atomic mass is 14.2. The van der Waals surface area contributed by atoms with Crippen LogP contribution in [0.5, 0.6) is 0 Å². The summed E-state index contributed by atoms with van der Waals surface area (Å²) in [6.07, 6.45) is 13.2. The summed E-state index contributed by atoms with van der Waals surface area (Å²) in [7, 11) is 0. The summed E-state index contributed by atoms with van der Waals surface area (Å²) >= 11 is 0. The van der Waals surface area contributed by atoms with Gasteiger partial charge < -0.3 is 0 Å². The van der Waals surface area contributed by atoms with Crippen LogP contribution in [0.3, 0.4) is 0 Å². The molecule has 0 nitrogen and oxygen atoms in total. The Labute approximate surface area is 139 Å². The normalized spacial score (nSPS) is 12.3. The number of hydrogen-bond donors (Lipinski definition) is 0. The number of rotatable bonds is 12. The Morgan fingerprint density at radius 2 is 1.55 bits per heavy atom. The average Bonchev–Trinajstić information content (AvgIpc) is 2.50. The van der Waals surface area contributed by atoms with Crippen molar-refractivity contribution in [3.8, 4) is 0 Å². The Kier molecular flexibility index (Phi) is 9.95. The zero-order valence-electron chi connectivity index (χ0n) is 15.2. The van der Waals surface area contributed by atoms with Crippen molar-refractivity contribution < 1.29 is 0 Å². The van der Waals surface area contributed by atoms with Crippen molar-refractivity contribution in [2.75, 3.05) is 0 Å². The molecule has 0 spiro atoms. The summed E-state index contributed by atoms with van der Waals surface area (Å²) in [6.45, 7) is 10.8. The first-order valence-electron chi connectivity index (χ1n) is 9.40. The predicted molar refractivity (Wildman–Crippen MR) is 101 cm³/mol. The van der Waals surface area contributed by atoms with E-state index < -0.39 is 0 Å². The molecule has 22 heavy (non-hydrogen) atoms. The number of aryl methyl sites for hydroxylation is 1. The molecule has 1 aromatic rings. The van der Waals surface area contributed by atoms with Crippen molar-refractivity contribution in [3.05, 3.63) is 47.5 Å². The smallest absolute Gasteiger partial charge is 0.0125 e.